The fraction of sp³-hybridized carbons (Fsp3) is 0.133. The van der Waals surface area contributed by atoms with Crippen LogP contribution < -0.4 is 5.32 Å². The Morgan fingerprint density at radius 1 is 1.11 bits per heavy atom. The smallest absolute Gasteiger partial charge is 0.255 e. The van der Waals surface area contributed by atoms with Crippen LogP contribution in [0.3, 0.4) is 0 Å². The number of benzene rings is 2. The average molecular weight is 276 g/mol. The van der Waals surface area contributed by atoms with Crippen LogP contribution in [0.5, 0.6) is 5.75 Å². The molecule has 0 aliphatic heterocycles. The topological polar surface area (TPSA) is 49.3 Å². The van der Waals surface area contributed by atoms with E-state index in [1.165, 1.54) is 12.1 Å². The molecule has 2 rings (SSSR count). The van der Waals surface area contributed by atoms with Gasteiger partial charge in [-0.15, -0.1) is 0 Å². The zero-order valence-electron chi connectivity index (χ0n) is 10.7. The molecule has 0 saturated carbocycles. The minimum Gasteiger partial charge on any atom is -0.506 e. The third kappa shape index (κ3) is 3.06. The van der Waals surface area contributed by atoms with E-state index in [2.05, 4.69) is 5.32 Å². The van der Waals surface area contributed by atoms with Gasteiger partial charge in [0, 0.05) is 10.6 Å². The highest BCUT2D eigenvalue weighted by molar-refractivity contribution is 6.31. The minimum atomic E-state index is -0.277. The standard InChI is InChI=1S/C15H14ClNO2/c1-9-3-4-11(7-10(9)2)15(19)17-13-8-12(16)5-6-14(13)18/h3-8,18H,1-2H3,(H,17,19). The van der Waals surface area contributed by atoms with Gasteiger partial charge in [0.2, 0.25) is 0 Å². The van der Waals surface area contributed by atoms with Gasteiger partial charge in [0.1, 0.15) is 5.75 Å². The second-order valence-electron chi connectivity index (χ2n) is 4.41. The molecule has 2 aromatic rings. The fourth-order valence-corrected chi connectivity index (χ4v) is 1.86. The molecule has 0 unspecified atom stereocenters. The maximum atomic E-state index is 12.1. The minimum absolute atomic E-state index is 0.0124. The number of hydrogen-bond acceptors (Lipinski definition) is 2. The van der Waals surface area contributed by atoms with Gasteiger partial charge in [-0.2, -0.15) is 0 Å². The molecule has 2 aromatic carbocycles. The van der Waals surface area contributed by atoms with Crippen LogP contribution in [-0.2, 0) is 0 Å². The first-order chi connectivity index (χ1) is 8.97. The lowest BCUT2D eigenvalue weighted by Crippen LogP contribution is -2.12. The molecule has 0 spiro atoms. The van der Waals surface area contributed by atoms with Gasteiger partial charge in [0.25, 0.3) is 5.91 Å². The van der Waals surface area contributed by atoms with E-state index in [0.717, 1.165) is 11.1 Å². The summed E-state index contributed by atoms with van der Waals surface area (Å²) in [6, 6.07) is 9.96. The highest BCUT2D eigenvalue weighted by Gasteiger charge is 2.10. The van der Waals surface area contributed by atoms with Crippen LogP contribution in [0.15, 0.2) is 36.4 Å². The van der Waals surface area contributed by atoms with Gasteiger partial charge >= 0.3 is 0 Å². The maximum absolute atomic E-state index is 12.1. The highest BCUT2D eigenvalue weighted by atomic mass is 35.5. The number of anilines is 1. The van der Waals surface area contributed by atoms with Crippen LogP contribution in [0, 0.1) is 13.8 Å². The molecule has 2 N–H and O–H groups in total. The molecule has 0 fully saturated rings. The molecule has 0 radical (unpaired) electrons. The van der Waals surface area contributed by atoms with Crippen LogP contribution in [0.2, 0.25) is 5.02 Å². The monoisotopic (exact) mass is 275 g/mol. The van der Waals surface area contributed by atoms with Gasteiger partial charge in [-0.3, -0.25) is 4.79 Å². The Bertz CT molecular complexity index is 638. The Morgan fingerprint density at radius 2 is 1.84 bits per heavy atom. The Hall–Kier alpha value is -2.00. The second kappa shape index (κ2) is 5.33. The summed E-state index contributed by atoms with van der Waals surface area (Å²) in [5.41, 5.74) is 3.02. The molecular weight excluding hydrogens is 262 g/mol. The Morgan fingerprint density at radius 3 is 2.53 bits per heavy atom. The first-order valence-electron chi connectivity index (χ1n) is 5.84. The summed E-state index contributed by atoms with van der Waals surface area (Å²) >= 11 is 5.83. The number of carbonyl (C=O) groups excluding carboxylic acids is 1. The van der Waals surface area contributed by atoms with E-state index < -0.39 is 0 Å². The van der Waals surface area contributed by atoms with Gasteiger partial charge in [-0.25, -0.2) is 0 Å². The van der Waals surface area contributed by atoms with Crippen LogP contribution in [-0.4, -0.2) is 11.0 Å². The number of phenolic OH excluding ortho intramolecular Hbond substituents is 1. The lowest BCUT2D eigenvalue weighted by atomic mass is 10.1. The summed E-state index contributed by atoms with van der Waals surface area (Å²) in [4.78, 5) is 12.1. The van der Waals surface area contributed by atoms with Crippen molar-refractivity contribution >= 4 is 23.2 Å². The summed E-state index contributed by atoms with van der Waals surface area (Å²) in [6.07, 6.45) is 0. The van der Waals surface area contributed by atoms with Crippen LogP contribution in [0.25, 0.3) is 0 Å². The number of carbonyl (C=O) groups is 1. The van der Waals surface area contributed by atoms with Crippen LogP contribution in [0.4, 0.5) is 5.69 Å². The second-order valence-corrected chi connectivity index (χ2v) is 4.85. The number of hydrogen-bond donors (Lipinski definition) is 2. The summed E-state index contributed by atoms with van der Waals surface area (Å²) in [7, 11) is 0. The molecular formula is C15H14ClNO2. The molecule has 3 nitrogen and oxygen atoms in total. The van der Waals surface area contributed by atoms with E-state index in [0.29, 0.717) is 16.3 Å². The zero-order valence-corrected chi connectivity index (χ0v) is 11.5. The summed E-state index contributed by atoms with van der Waals surface area (Å²) in [5, 5.41) is 12.7. The first kappa shape index (κ1) is 13.4. The molecule has 0 aliphatic carbocycles. The molecule has 19 heavy (non-hydrogen) atoms. The molecule has 0 atom stereocenters. The SMILES string of the molecule is Cc1ccc(C(=O)Nc2cc(Cl)ccc2O)cc1C. The molecule has 0 aromatic heterocycles. The molecule has 4 heteroatoms. The third-order valence-corrected chi connectivity index (χ3v) is 3.21. The Labute approximate surface area is 116 Å². The molecule has 0 aliphatic rings. The molecule has 0 bridgehead atoms. The van der Waals surface area contributed by atoms with Gasteiger partial charge < -0.3 is 10.4 Å². The van der Waals surface area contributed by atoms with E-state index >= 15 is 0 Å². The van der Waals surface area contributed by atoms with Crippen molar-refractivity contribution in [1.82, 2.24) is 0 Å². The van der Waals surface area contributed by atoms with Crippen LogP contribution in [0.1, 0.15) is 21.5 Å². The van der Waals surface area contributed by atoms with Crippen molar-refractivity contribution in [2.75, 3.05) is 5.32 Å². The Kier molecular flexibility index (Phi) is 3.76. The first-order valence-corrected chi connectivity index (χ1v) is 6.22. The summed E-state index contributed by atoms with van der Waals surface area (Å²) in [5.74, 6) is -0.290. The number of nitrogens with one attached hydrogen (secondary N) is 1. The van der Waals surface area contributed by atoms with Crippen molar-refractivity contribution in [1.29, 1.82) is 0 Å². The van der Waals surface area contributed by atoms with Crippen LogP contribution >= 0.6 is 11.6 Å². The zero-order chi connectivity index (χ0) is 14.0. The number of phenols is 1. The fourth-order valence-electron chi connectivity index (χ4n) is 1.69. The molecule has 0 heterocycles. The van der Waals surface area contributed by atoms with E-state index in [9.17, 15) is 9.90 Å². The maximum Gasteiger partial charge on any atom is 0.255 e. The van der Waals surface area contributed by atoms with Gasteiger partial charge in [0.15, 0.2) is 0 Å². The van der Waals surface area contributed by atoms with Crippen molar-refractivity contribution in [2.24, 2.45) is 0 Å². The normalized spacial score (nSPS) is 10.3. The largest absolute Gasteiger partial charge is 0.506 e. The van der Waals surface area contributed by atoms with Crippen molar-refractivity contribution in [2.45, 2.75) is 13.8 Å². The predicted octanol–water partition coefficient (Wildman–Crippen LogP) is 3.91. The highest BCUT2D eigenvalue weighted by Crippen LogP contribution is 2.27. The number of rotatable bonds is 2. The van der Waals surface area contributed by atoms with Crippen molar-refractivity contribution in [3.05, 3.63) is 58.1 Å². The average Bonchev–Trinajstić information content (AvgIpc) is 2.37. The number of amides is 1. The predicted molar refractivity (Wildman–Crippen MR) is 77.0 cm³/mol. The van der Waals surface area contributed by atoms with Crippen molar-refractivity contribution in [3.8, 4) is 5.75 Å². The molecule has 1 amide bonds. The number of aryl methyl sites for hydroxylation is 2. The third-order valence-electron chi connectivity index (χ3n) is 2.98. The van der Waals surface area contributed by atoms with Gasteiger partial charge in [-0.05, 0) is 55.3 Å². The lowest BCUT2D eigenvalue weighted by molar-refractivity contribution is 0.102. The van der Waals surface area contributed by atoms with E-state index in [1.54, 1.807) is 12.1 Å². The van der Waals surface area contributed by atoms with E-state index in [-0.39, 0.29) is 11.7 Å². The quantitative estimate of drug-likeness (QED) is 0.816. The number of aromatic hydroxyl groups is 1. The van der Waals surface area contributed by atoms with Gasteiger partial charge in [-0.1, -0.05) is 17.7 Å². The van der Waals surface area contributed by atoms with Gasteiger partial charge in [0.05, 0.1) is 5.69 Å². The van der Waals surface area contributed by atoms with Crippen molar-refractivity contribution < 1.29 is 9.90 Å². The summed E-state index contributed by atoms with van der Waals surface area (Å²) in [6.45, 7) is 3.93. The molecule has 98 valence electrons. The van der Waals surface area contributed by atoms with E-state index in [1.807, 2.05) is 26.0 Å². The number of halogens is 1. The van der Waals surface area contributed by atoms with E-state index in [4.69, 9.17) is 11.6 Å². The Balaban J connectivity index is 2.25. The molecule has 0 saturated heterocycles. The summed E-state index contributed by atoms with van der Waals surface area (Å²) < 4.78 is 0. The van der Waals surface area contributed by atoms with Crippen molar-refractivity contribution in [3.63, 3.8) is 0 Å². The lowest BCUT2D eigenvalue weighted by Gasteiger charge is -2.09.